The summed E-state index contributed by atoms with van der Waals surface area (Å²) in [5.74, 6) is 2.02. The van der Waals surface area contributed by atoms with E-state index in [9.17, 15) is 4.79 Å². The quantitative estimate of drug-likeness (QED) is 0.448. The minimum Gasteiger partial charge on any atom is -0.493 e. The normalized spacial score (nSPS) is 10.8. The number of ketones is 1. The lowest BCUT2D eigenvalue weighted by Gasteiger charge is -2.12. The molecule has 28 heavy (non-hydrogen) atoms. The Balaban J connectivity index is 1.64. The van der Waals surface area contributed by atoms with Crippen LogP contribution in [-0.2, 0) is 13.2 Å². The zero-order valence-corrected chi connectivity index (χ0v) is 15.5. The maximum atomic E-state index is 12.8. The Morgan fingerprint density at radius 2 is 1.57 bits per heavy atom. The Morgan fingerprint density at radius 1 is 0.893 bits per heavy atom. The number of para-hydroxylation sites is 4. The van der Waals surface area contributed by atoms with Crippen LogP contribution in [0.15, 0.2) is 78.9 Å². The number of fused-ring (bicyclic) bond motifs is 1. The largest absolute Gasteiger partial charge is 0.493 e. The van der Waals surface area contributed by atoms with Crippen LogP contribution in [0.5, 0.6) is 11.5 Å². The molecule has 0 bridgehead atoms. The maximum Gasteiger partial charge on any atom is 0.182 e. The first kappa shape index (κ1) is 17.8. The van der Waals surface area contributed by atoms with Gasteiger partial charge in [0.25, 0.3) is 0 Å². The van der Waals surface area contributed by atoms with Gasteiger partial charge < -0.3 is 14.0 Å². The standard InChI is InChI=1S/C23H20N2O3/c1-27-21-13-7-8-14-22(21)28-16-23-24-18-11-5-6-12-19(18)25(23)15-20(26)17-9-3-2-4-10-17/h2-14H,15-16H2,1H3. The van der Waals surface area contributed by atoms with Crippen LogP contribution in [0.25, 0.3) is 11.0 Å². The first-order chi connectivity index (χ1) is 13.8. The molecular weight excluding hydrogens is 352 g/mol. The van der Waals surface area contributed by atoms with Gasteiger partial charge >= 0.3 is 0 Å². The second-order valence-electron chi connectivity index (χ2n) is 6.33. The van der Waals surface area contributed by atoms with Gasteiger partial charge in [0.2, 0.25) is 0 Å². The molecule has 0 amide bonds. The molecule has 5 nitrogen and oxygen atoms in total. The average molecular weight is 372 g/mol. The molecule has 0 fully saturated rings. The number of methoxy groups -OCH3 is 1. The van der Waals surface area contributed by atoms with E-state index >= 15 is 0 Å². The number of benzene rings is 3. The molecule has 1 heterocycles. The van der Waals surface area contributed by atoms with E-state index < -0.39 is 0 Å². The Morgan fingerprint density at radius 3 is 2.36 bits per heavy atom. The average Bonchev–Trinajstić information content (AvgIpc) is 3.10. The SMILES string of the molecule is COc1ccccc1OCc1nc2ccccc2n1CC(=O)c1ccccc1. The van der Waals surface area contributed by atoms with E-state index in [0.29, 0.717) is 22.9 Å². The molecule has 4 aromatic rings. The van der Waals surface area contributed by atoms with E-state index in [1.165, 1.54) is 0 Å². The lowest BCUT2D eigenvalue weighted by molar-refractivity contribution is 0.0971. The number of nitrogens with zero attached hydrogens (tertiary/aromatic N) is 2. The van der Waals surface area contributed by atoms with Gasteiger partial charge in [-0.1, -0.05) is 54.6 Å². The van der Waals surface area contributed by atoms with Crippen LogP contribution < -0.4 is 9.47 Å². The summed E-state index contributed by atoms with van der Waals surface area (Å²) in [6, 6.07) is 24.5. The molecule has 4 rings (SSSR count). The van der Waals surface area contributed by atoms with E-state index in [4.69, 9.17) is 9.47 Å². The molecule has 5 heteroatoms. The highest BCUT2D eigenvalue weighted by molar-refractivity contribution is 5.96. The number of ether oxygens (including phenoxy) is 2. The Labute approximate surface area is 163 Å². The summed E-state index contributed by atoms with van der Waals surface area (Å²) < 4.78 is 13.2. The molecule has 1 aromatic heterocycles. The minimum atomic E-state index is 0.0299. The molecule has 3 aromatic carbocycles. The molecule has 0 atom stereocenters. The van der Waals surface area contributed by atoms with Crippen molar-refractivity contribution in [1.29, 1.82) is 0 Å². The summed E-state index contributed by atoms with van der Waals surface area (Å²) in [4.78, 5) is 17.4. The van der Waals surface area contributed by atoms with E-state index in [-0.39, 0.29) is 18.9 Å². The van der Waals surface area contributed by atoms with Gasteiger partial charge in [-0.15, -0.1) is 0 Å². The topological polar surface area (TPSA) is 53.4 Å². The summed E-state index contributed by atoms with van der Waals surface area (Å²) in [6.45, 7) is 0.437. The van der Waals surface area contributed by atoms with Gasteiger partial charge in [-0.2, -0.15) is 0 Å². The third-order valence-electron chi connectivity index (χ3n) is 4.56. The van der Waals surface area contributed by atoms with Crippen LogP contribution in [0, 0.1) is 0 Å². The summed E-state index contributed by atoms with van der Waals surface area (Å²) >= 11 is 0. The number of carbonyl (C=O) groups excluding carboxylic acids is 1. The van der Waals surface area contributed by atoms with Crippen molar-refractivity contribution in [1.82, 2.24) is 9.55 Å². The highest BCUT2D eigenvalue weighted by atomic mass is 16.5. The number of imidazole rings is 1. The van der Waals surface area contributed by atoms with Crippen LogP contribution >= 0.6 is 0 Å². The smallest absolute Gasteiger partial charge is 0.182 e. The third-order valence-corrected chi connectivity index (χ3v) is 4.56. The van der Waals surface area contributed by atoms with Gasteiger partial charge in [-0.25, -0.2) is 4.98 Å². The third kappa shape index (κ3) is 3.60. The van der Waals surface area contributed by atoms with Crippen LogP contribution in [0.1, 0.15) is 16.2 Å². The predicted molar refractivity (Wildman–Crippen MR) is 108 cm³/mol. The first-order valence-electron chi connectivity index (χ1n) is 9.04. The molecule has 0 N–H and O–H groups in total. The molecule has 0 spiro atoms. The second kappa shape index (κ2) is 7.96. The highest BCUT2D eigenvalue weighted by Crippen LogP contribution is 2.27. The lowest BCUT2D eigenvalue weighted by atomic mass is 10.1. The second-order valence-corrected chi connectivity index (χ2v) is 6.33. The summed E-state index contributed by atoms with van der Waals surface area (Å²) in [7, 11) is 1.61. The molecule has 0 unspecified atom stereocenters. The highest BCUT2D eigenvalue weighted by Gasteiger charge is 2.16. The van der Waals surface area contributed by atoms with Crippen molar-refractivity contribution < 1.29 is 14.3 Å². The number of aromatic nitrogens is 2. The predicted octanol–water partition coefficient (Wildman–Crippen LogP) is 4.51. The van der Waals surface area contributed by atoms with Gasteiger partial charge in [-0.05, 0) is 24.3 Å². The Hall–Kier alpha value is -3.60. The van der Waals surface area contributed by atoms with Gasteiger partial charge in [0.05, 0.1) is 24.7 Å². The fraction of sp³-hybridized carbons (Fsp3) is 0.130. The van der Waals surface area contributed by atoms with Crippen molar-refractivity contribution in [2.45, 2.75) is 13.2 Å². The van der Waals surface area contributed by atoms with Crippen LogP contribution in [0.4, 0.5) is 0 Å². The Bertz CT molecular complexity index is 1100. The number of Topliss-reactive ketones (excluding diaryl/α,β-unsaturated/α-hetero) is 1. The summed E-state index contributed by atoms with van der Waals surface area (Å²) in [5, 5.41) is 0. The van der Waals surface area contributed by atoms with Crippen LogP contribution in [0.2, 0.25) is 0 Å². The van der Waals surface area contributed by atoms with Gasteiger partial charge in [-0.3, -0.25) is 4.79 Å². The van der Waals surface area contributed by atoms with Crippen LogP contribution in [-0.4, -0.2) is 22.4 Å². The van der Waals surface area contributed by atoms with Gasteiger partial charge in [0, 0.05) is 5.56 Å². The monoisotopic (exact) mass is 372 g/mol. The number of carbonyl (C=O) groups is 1. The van der Waals surface area contributed by atoms with E-state index in [0.717, 1.165) is 11.0 Å². The summed E-state index contributed by atoms with van der Waals surface area (Å²) in [6.07, 6.45) is 0. The fourth-order valence-corrected chi connectivity index (χ4v) is 3.15. The minimum absolute atomic E-state index is 0.0299. The van der Waals surface area contributed by atoms with Crippen molar-refractivity contribution in [2.24, 2.45) is 0 Å². The van der Waals surface area contributed by atoms with Gasteiger partial charge in [0.15, 0.2) is 17.3 Å². The van der Waals surface area contributed by atoms with Crippen molar-refractivity contribution in [3.05, 3.63) is 90.3 Å². The van der Waals surface area contributed by atoms with Crippen molar-refractivity contribution >= 4 is 16.8 Å². The van der Waals surface area contributed by atoms with Crippen LogP contribution in [0.3, 0.4) is 0 Å². The molecule has 140 valence electrons. The van der Waals surface area contributed by atoms with Crippen molar-refractivity contribution in [3.8, 4) is 11.5 Å². The maximum absolute atomic E-state index is 12.8. The molecule has 0 saturated heterocycles. The number of hydrogen-bond acceptors (Lipinski definition) is 4. The fourth-order valence-electron chi connectivity index (χ4n) is 3.15. The van der Waals surface area contributed by atoms with Crippen molar-refractivity contribution in [3.63, 3.8) is 0 Å². The van der Waals surface area contributed by atoms with E-state index in [1.54, 1.807) is 7.11 Å². The lowest BCUT2D eigenvalue weighted by Crippen LogP contribution is -2.14. The van der Waals surface area contributed by atoms with E-state index in [2.05, 4.69) is 4.98 Å². The van der Waals surface area contributed by atoms with Crippen molar-refractivity contribution in [2.75, 3.05) is 7.11 Å². The van der Waals surface area contributed by atoms with E-state index in [1.807, 2.05) is 83.4 Å². The summed E-state index contributed by atoms with van der Waals surface area (Å²) in [5.41, 5.74) is 2.42. The zero-order valence-electron chi connectivity index (χ0n) is 15.5. The first-order valence-corrected chi connectivity index (χ1v) is 9.04. The van der Waals surface area contributed by atoms with Gasteiger partial charge in [0.1, 0.15) is 12.4 Å². The molecule has 0 aliphatic rings. The zero-order chi connectivity index (χ0) is 19.3. The molecular formula is C23H20N2O3. The number of hydrogen-bond donors (Lipinski definition) is 0. The molecule has 0 saturated carbocycles. The molecule has 0 aliphatic carbocycles. The number of rotatable bonds is 7. The molecule has 0 radical (unpaired) electrons. The molecule has 0 aliphatic heterocycles. The Kier molecular flexibility index (Phi) is 5.06.